The molecule has 1 aliphatic heterocycles. The lowest BCUT2D eigenvalue weighted by Crippen LogP contribution is -2.51. The predicted octanol–water partition coefficient (Wildman–Crippen LogP) is 5.00. The van der Waals surface area contributed by atoms with Crippen LogP contribution in [0.4, 0.5) is 10.1 Å². The van der Waals surface area contributed by atoms with Crippen molar-refractivity contribution in [2.24, 2.45) is 23.7 Å². The highest BCUT2D eigenvalue weighted by atomic mass is 19.1. The van der Waals surface area contributed by atoms with Crippen molar-refractivity contribution >= 4 is 28.3 Å². The Kier molecular flexibility index (Phi) is 5.57. The fourth-order valence-electron chi connectivity index (χ4n) is 6.19. The van der Waals surface area contributed by atoms with Gasteiger partial charge in [0.2, 0.25) is 5.91 Å². The van der Waals surface area contributed by atoms with E-state index in [4.69, 9.17) is 0 Å². The van der Waals surface area contributed by atoms with E-state index in [-0.39, 0.29) is 17.5 Å². The molecule has 7 rings (SSSR count). The lowest BCUT2D eigenvalue weighted by molar-refractivity contribution is -0.131. The minimum absolute atomic E-state index is 0.186. The van der Waals surface area contributed by atoms with Crippen LogP contribution in [0.15, 0.2) is 18.3 Å². The molecule has 5 nitrogen and oxygen atoms in total. The Balaban J connectivity index is 1.32. The van der Waals surface area contributed by atoms with Crippen LogP contribution in [0.2, 0.25) is 0 Å². The number of anilines is 1. The van der Waals surface area contributed by atoms with Gasteiger partial charge in [-0.25, -0.2) is 4.39 Å². The molecule has 2 heterocycles. The summed E-state index contributed by atoms with van der Waals surface area (Å²) in [6.45, 7) is 4.49. The molecule has 0 radical (unpaired) electrons. The number of hydrogen-bond donors (Lipinski definition) is 0. The van der Waals surface area contributed by atoms with Gasteiger partial charge in [0.1, 0.15) is 5.82 Å². The van der Waals surface area contributed by atoms with Crippen LogP contribution in [0.3, 0.4) is 0 Å². The number of hydrogen-bond acceptors (Lipinski definition) is 4. The highest BCUT2D eigenvalue weighted by Crippen LogP contribution is 2.60. The molecule has 0 spiro atoms. The maximum Gasteiger partial charge on any atom is 0.222 e. The monoisotopic (exact) mass is 463 g/mol. The number of rotatable bonds is 8. The molecule has 0 N–H and O–H groups in total. The molecule has 34 heavy (non-hydrogen) atoms. The number of ketones is 1. The summed E-state index contributed by atoms with van der Waals surface area (Å²) in [5, 5.41) is 0.939. The zero-order chi connectivity index (χ0) is 23.4. The number of nitrogens with zero attached hydrogens (tertiary/aromatic N) is 3. The van der Waals surface area contributed by atoms with Crippen molar-refractivity contribution in [2.75, 3.05) is 31.1 Å². The predicted molar refractivity (Wildman–Crippen MR) is 130 cm³/mol. The van der Waals surface area contributed by atoms with Crippen molar-refractivity contribution in [3.63, 3.8) is 0 Å². The van der Waals surface area contributed by atoms with E-state index in [2.05, 4.69) is 4.98 Å². The van der Waals surface area contributed by atoms with Gasteiger partial charge in [-0.3, -0.25) is 14.6 Å². The Labute approximate surface area is 200 Å². The van der Waals surface area contributed by atoms with E-state index in [0.29, 0.717) is 62.1 Å². The van der Waals surface area contributed by atoms with E-state index in [0.717, 1.165) is 54.0 Å². The van der Waals surface area contributed by atoms with Crippen LogP contribution in [-0.2, 0) is 11.2 Å². The average Bonchev–Trinajstić information content (AvgIpc) is 3.59. The SMILES string of the molecule is CCCC(=O)N1CCN(c2cc3c(CC4C5CC4C5)c(C(=O)CC4CC4)cnc3cc2F)CC1. The quantitative estimate of drug-likeness (QED) is 0.517. The van der Waals surface area contributed by atoms with Crippen LogP contribution in [0.5, 0.6) is 0 Å². The first-order valence-electron chi connectivity index (χ1n) is 13.2. The summed E-state index contributed by atoms with van der Waals surface area (Å²) < 4.78 is 15.2. The smallest absolute Gasteiger partial charge is 0.222 e. The summed E-state index contributed by atoms with van der Waals surface area (Å²) in [6.07, 6.45) is 9.61. The van der Waals surface area contributed by atoms with Gasteiger partial charge in [-0.15, -0.1) is 0 Å². The van der Waals surface area contributed by atoms with E-state index in [9.17, 15) is 9.59 Å². The number of carbonyl (C=O) groups excluding carboxylic acids is 2. The number of aromatic nitrogens is 1. The highest BCUT2D eigenvalue weighted by Gasteiger charge is 2.52. The standard InChI is InChI=1S/C28H34FN3O2/c1-2-3-28(34)32-8-6-31(7-9-32)26-14-22-21(13-20-18-11-19(20)12-18)23(27(33)10-17-4-5-17)16-30-25(22)15-24(26)29/h14-20H,2-13H2,1H3. The van der Waals surface area contributed by atoms with E-state index in [1.165, 1.54) is 12.8 Å². The Morgan fingerprint density at radius 3 is 2.44 bits per heavy atom. The van der Waals surface area contributed by atoms with Gasteiger partial charge in [0.15, 0.2) is 5.78 Å². The summed E-state index contributed by atoms with van der Waals surface area (Å²) in [4.78, 5) is 33.9. The van der Waals surface area contributed by atoms with Crippen molar-refractivity contribution in [1.82, 2.24) is 9.88 Å². The van der Waals surface area contributed by atoms with Gasteiger partial charge < -0.3 is 9.80 Å². The van der Waals surface area contributed by atoms with Gasteiger partial charge in [-0.1, -0.05) is 6.92 Å². The molecule has 4 saturated carbocycles. The summed E-state index contributed by atoms with van der Waals surface area (Å²) in [7, 11) is 0. The van der Waals surface area contributed by atoms with Crippen molar-refractivity contribution < 1.29 is 14.0 Å². The number of carbonyl (C=O) groups is 2. The average molecular weight is 464 g/mol. The maximum atomic E-state index is 15.2. The normalized spacial score (nSPS) is 25.8. The molecule has 180 valence electrons. The van der Waals surface area contributed by atoms with E-state index < -0.39 is 0 Å². The van der Waals surface area contributed by atoms with Crippen molar-refractivity contribution in [1.29, 1.82) is 0 Å². The van der Waals surface area contributed by atoms with Crippen LogP contribution in [-0.4, -0.2) is 47.8 Å². The molecule has 6 heteroatoms. The zero-order valence-corrected chi connectivity index (χ0v) is 20.1. The largest absolute Gasteiger partial charge is 0.366 e. The number of Topliss-reactive ketones (excluding diaryl/α,β-unsaturated/α-hetero) is 1. The van der Waals surface area contributed by atoms with Gasteiger partial charge >= 0.3 is 0 Å². The van der Waals surface area contributed by atoms with Crippen LogP contribution in [0, 0.1) is 29.5 Å². The van der Waals surface area contributed by atoms with Crippen LogP contribution < -0.4 is 4.90 Å². The molecule has 1 saturated heterocycles. The third kappa shape index (κ3) is 3.89. The molecular weight excluding hydrogens is 429 g/mol. The van der Waals surface area contributed by atoms with Gasteiger partial charge in [0.05, 0.1) is 11.2 Å². The fourth-order valence-corrected chi connectivity index (χ4v) is 6.19. The Hall–Kier alpha value is -2.50. The molecule has 2 bridgehead atoms. The van der Waals surface area contributed by atoms with Gasteiger partial charge in [-0.2, -0.15) is 0 Å². The molecule has 1 aromatic carbocycles. The van der Waals surface area contributed by atoms with Gasteiger partial charge in [-0.05, 0) is 73.8 Å². The third-order valence-electron chi connectivity index (χ3n) is 8.82. The zero-order valence-electron chi connectivity index (χ0n) is 20.1. The Bertz CT molecular complexity index is 1120. The number of pyridine rings is 1. The number of fused-ring (bicyclic) bond motifs is 1. The summed E-state index contributed by atoms with van der Waals surface area (Å²) in [5.74, 6) is 2.91. The summed E-state index contributed by atoms with van der Waals surface area (Å²) in [5.41, 5.74) is 3.07. The molecule has 1 aromatic heterocycles. The maximum absolute atomic E-state index is 15.2. The first kappa shape index (κ1) is 22.0. The summed E-state index contributed by atoms with van der Waals surface area (Å²) in [6, 6.07) is 3.48. The van der Waals surface area contributed by atoms with Gasteiger partial charge in [0.25, 0.3) is 0 Å². The second kappa shape index (κ2) is 8.62. The molecule has 1 amide bonds. The van der Waals surface area contributed by atoms with E-state index in [1.54, 1.807) is 12.3 Å². The van der Waals surface area contributed by atoms with E-state index in [1.807, 2.05) is 22.8 Å². The first-order valence-corrected chi connectivity index (χ1v) is 13.2. The minimum atomic E-state index is -0.275. The molecule has 4 aliphatic carbocycles. The van der Waals surface area contributed by atoms with Crippen LogP contribution in [0.1, 0.15) is 67.8 Å². The topological polar surface area (TPSA) is 53.5 Å². The number of piperazine rings is 1. The molecule has 2 aromatic rings. The van der Waals surface area contributed by atoms with Crippen molar-refractivity contribution in [3.05, 3.63) is 35.3 Å². The number of halogens is 1. The first-order chi connectivity index (χ1) is 16.5. The second-order valence-electron chi connectivity index (χ2n) is 11.0. The third-order valence-corrected chi connectivity index (χ3v) is 8.82. The van der Waals surface area contributed by atoms with Crippen molar-refractivity contribution in [3.8, 4) is 0 Å². The van der Waals surface area contributed by atoms with Crippen LogP contribution >= 0.6 is 0 Å². The molecule has 0 unspecified atom stereocenters. The Morgan fingerprint density at radius 1 is 1.09 bits per heavy atom. The lowest BCUT2D eigenvalue weighted by Gasteiger charge is -2.58. The lowest BCUT2D eigenvalue weighted by atomic mass is 9.47. The minimum Gasteiger partial charge on any atom is -0.366 e. The van der Waals surface area contributed by atoms with E-state index >= 15 is 4.39 Å². The highest BCUT2D eigenvalue weighted by molar-refractivity contribution is 6.02. The van der Waals surface area contributed by atoms with Gasteiger partial charge in [0, 0.05) is 62.2 Å². The molecule has 5 aliphatic rings. The molecular formula is C28H34FN3O2. The van der Waals surface area contributed by atoms with Crippen LogP contribution in [0.25, 0.3) is 10.9 Å². The second-order valence-corrected chi connectivity index (χ2v) is 11.0. The molecule has 5 fully saturated rings. The number of benzene rings is 1. The Morgan fingerprint density at radius 2 is 1.82 bits per heavy atom. The fraction of sp³-hybridized carbons (Fsp3) is 0.607. The van der Waals surface area contributed by atoms with Crippen molar-refractivity contribution in [2.45, 2.75) is 58.3 Å². The molecule has 0 atom stereocenters. The summed E-state index contributed by atoms with van der Waals surface area (Å²) >= 11 is 0. The number of amides is 1.